The van der Waals surface area contributed by atoms with E-state index in [1.807, 2.05) is 19.9 Å². The van der Waals surface area contributed by atoms with E-state index < -0.39 is 17.4 Å². The molecule has 1 saturated heterocycles. The van der Waals surface area contributed by atoms with Gasteiger partial charge in [-0.3, -0.25) is 9.59 Å². The lowest BCUT2D eigenvalue weighted by atomic mass is 9.80. The number of nitrogens with zero attached hydrogens (tertiary/aromatic N) is 1. The Kier molecular flexibility index (Phi) is 5.29. The van der Waals surface area contributed by atoms with Gasteiger partial charge >= 0.3 is 5.97 Å². The van der Waals surface area contributed by atoms with Crippen molar-refractivity contribution in [3.63, 3.8) is 0 Å². The molecule has 3 aliphatic rings. The first-order valence-corrected chi connectivity index (χ1v) is 12.0. The number of rotatable bonds is 3. The molecule has 174 valence electrons. The van der Waals surface area contributed by atoms with Gasteiger partial charge in [0.05, 0.1) is 23.3 Å². The molecule has 0 aromatic heterocycles. The fourth-order valence-electron chi connectivity index (χ4n) is 5.03. The van der Waals surface area contributed by atoms with Gasteiger partial charge in [0.15, 0.2) is 0 Å². The Morgan fingerprint density at radius 3 is 2.65 bits per heavy atom. The van der Waals surface area contributed by atoms with Crippen LogP contribution < -0.4 is 19.7 Å². The zero-order chi connectivity index (χ0) is 24.4. The maximum Gasteiger partial charge on any atom is 0.347 e. The molecule has 5 rings (SSSR count). The van der Waals surface area contributed by atoms with Gasteiger partial charge in [-0.05, 0) is 56.0 Å². The number of hydrogen-bond donors (Lipinski definition) is 1. The highest BCUT2D eigenvalue weighted by Gasteiger charge is 2.49. The topological polar surface area (TPSA) is 84.9 Å². The molecule has 9 heteroatoms. The SMILES string of the molecule is COc1ccccc1C(=O)Oc1cc2c3c(c1)[C@@H](C)CC(C)(C)N3C(=O)/C2=C1/SC(=S)NC1=O. The summed E-state index contributed by atoms with van der Waals surface area (Å²) < 4.78 is 11.4. The first-order chi connectivity index (χ1) is 16.1. The van der Waals surface area contributed by atoms with E-state index in [4.69, 9.17) is 21.7 Å². The third-order valence-corrected chi connectivity index (χ3v) is 7.58. The van der Waals surface area contributed by atoms with Gasteiger partial charge in [-0.25, -0.2) is 4.79 Å². The molecule has 0 saturated carbocycles. The standard InChI is InChI=1S/C25H22N2O5S2/c1-12-11-25(2,3)27-19-15(12)9-13(32-23(30)14-7-5-6-8-17(14)31-4)10-16(19)18(22(27)29)20-21(28)26-24(33)34-20/h5-10,12H,11H2,1-4H3,(H,26,28,33)/b20-18+/t12-/m0/s1. The van der Waals surface area contributed by atoms with E-state index in [1.165, 1.54) is 7.11 Å². The number of carbonyl (C=O) groups is 3. The van der Waals surface area contributed by atoms with Crippen molar-refractivity contribution in [2.45, 2.75) is 38.6 Å². The zero-order valence-electron chi connectivity index (χ0n) is 19.1. The lowest BCUT2D eigenvalue weighted by Crippen LogP contribution is -2.49. The minimum atomic E-state index is -0.571. The Morgan fingerprint density at radius 1 is 1.24 bits per heavy atom. The van der Waals surface area contributed by atoms with Crippen molar-refractivity contribution in [1.82, 2.24) is 5.32 Å². The molecule has 1 atom stereocenters. The van der Waals surface area contributed by atoms with Crippen LogP contribution >= 0.6 is 24.0 Å². The molecule has 0 radical (unpaired) electrons. The van der Waals surface area contributed by atoms with E-state index in [9.17, 15) is 14.4 Å². The highest BCUT2D eigenvalue weighted by molar-refractivity contribution is 8.27. The number of methoxy groups -OCH3 is 1. The quantitative estimate of drug-likeness (QED) is 0.293. The van der Waals surface area contributed by atoms with Crippen molar-refractivity contribution in [3.8, 4) is 11.5 Å². The first-order valence-electron chi connectivity index (χ1n) is 10.8. The first kappa shape index (κ1) is 22.6. The summed E-state index contributed by atoms with van der Waals surface area (Å²) in [7, 11) is 1.49. The number of para-hydroxylation sites is 1. The Bertz CT molecular complexity index is 1330. The predicted molar refractivity (Wildman–Crippen MR) is 134 cm³/mol. The molecule has 0 spiro atoms. The van der Waals surface area contributed by atoms with Gasteiger partial charge in [0, 0.05) is 11.1 Å². The molecular weight excluding hydrogens is 472 g/mol. The second kappa shape index (κ2) is 7.95. The summed E-state index contributed by atoms with van der Waals surface area (Å²) >= 11 is 6.24. The number of carbonyl (C=O) groups excluding carboxylic acids is 3. The van der Waals surface area contributed by atoms with Crippen molar-refractivity contribution in [3.05, 3.63) is 58.0 Å². The van der Waals surface area contributed by atoms with Crippen molar-refractivity contribution in [2.75, 3.05) is 12.0 Å². The lowest BCUT2D eigenvalue weighted by molar-refractivity contribution is -0.116. The summed E-state index contributed by atoms with van der Waals surface area (Å²) in [5.41, 5.74) is 2.37. The fraction of sp³-hybridized carbons (Fsp3) is 0.280. The number of esters is 1. The number of amides is 2. The maximum absolute atomic E-state index is 13.7. The van der Waals surface area contributed by atoms with Gasteiger partial charge in [0.1, 0.15) is 21.4 Å². The molecular formula is C25H22N2O5S2. The molecule has 2 aromatic carbocycles. The number of ether oxygens (including phenoxy) is 2. The van der Waals surface area contributed by atoms with Gasteiger partial charge in [0.25, 0.3) is 11.8 Å². The number of thiocarbonyl (C=S) groups is 1. The van der Waals surface area contributed by atoms with Gasteiger partial charge < -0.3 is 19.7 Å². The Hall–Kier alpha value is -3.17. The second-order valence-corrected chi connectivity index (χ2v) is 10.8. The van der Waals surface area contributed by atoms with Gasteiger partial charge in [-0.15, -0.1) is 0 Å². The normalized spacial score (nSPS) is 22.5. The largest absolute Gasteiger partial charge is 0.496 e. The van der Waals surface area contributed by atoms with Crippen LogP contribution in [0, 0.1) is 0 Å². The van der Waals surface area contributed by atoms with Crippen molar-refractivity contribution >= 4 is 57.3 Å². The van der Waals surface area contributed by atoms with Gasteiger partial charge in [-0.1, -0.05) is 43.0 Å². The smallest absolute Gasteiger partial charge is 0.347 e. The molecule has 3 aliphatic heterocycles. The number of benzene rings is 2. The molecule has 2 aromatic rings. The van der Waals surface area contributed by atoms with E-state index in [-0.39, 0.29) is 22.3 Å². The average molecular weight is 495 g/mol. The molecule has 7 nitrogen and oxygen atoms in total. The monoisotopic (exact) mass is 494 g/mol. The highest BCUT2D eigenvalue weighted by atomic mass is 32.2. The molecule has 3 heterocycles. The number of nitrogens with one attached hydrogen (secondary N) is 1. The van der Waals surface area contributed by atoms with Crippen molar-refractivity contribution < 1.29 is 23.9 Å². The molecule has 0 aliphatic carbocycles. The van der Waals surface area contributed by atoms with Crippen molar-refractivity contribution in [2.24, 2.45) is 0 Å². The fourth-order valence-corrected chi connectivity index (χ4v) is 6.15. The van der Waals surface area contributed by atoms with Crippen LogP contribution in [-0.2, 0) is 9.59 Å². The minimum absolute atomic E-state index is 0.105. The van der Waals surface area contributed by atoms with Crippen LogP contribution in [0.1, 0.15) is 54.6 Å². The van der Waals surface area contributed by atoms with Crippen LogP contribution in [0.3, 0.4) is 0 Å². The third kappa shape index (κ3) is 3.42. The predicted octanol–water partition coefficient (Wildman–Crippen LogP) is 4.41. The summed E-state index contributed by atoms with van der Waals surface area (Å²) in [6.45, 7) is 6.12. The van der Waals surface area contributed by atoms with Crippen LogP contribution in [0.4, 0.5) is 5.69 Å². The summed E-state index contributed by atoms with van der Waals surface area (Å²) in [5, 5.41) is 2.60. The molecule has 1 fully saturated rings. The van der Waals surface area contributed by atoms with Gasteiger partial charge in [-0.2, -0.15) is 0 Å². The Labute approximate surface area is 206 Å². The van der Waals surface area contributed by atoms with E-state index in [0.717, 1.165) is 29.4 Å². The summed E-state index contributed by atoms with van der Waals surface area (Å²) in [6, 6.07) is 10.3. The minimum Gasteiger partial charge on any atom is -0.496 e. The van der Waals surface area contributed by atoms with Gasteiger partial charge in [0.2, 0.25) is 0 Å². The van der Waals surface area contributed by atoms with Crippen LogP contribution in [0.5, 0.6) is 11.5 Å². The molecule has 0 bridgehead atoms. The second-order valence-electron chi connectivity index (χ2n) is 9.10. The van der Waals surface area contributed by atoms with E-state index in [1.54, 1.807) is 35.2 Å². The summed E-state index contributed by atoms with van der Waals surface area (Å²) in [4.78, 5) is 41.3. The number of anilines is 1. The van der Waals surface area contributed by atoms with E-state index in [2.05, 4.69) is 12.2 Å². The Balaban J connectivity index is 1.67. The molecule has 1 N–H and O–H groups in total. The summed E-state index contributed by atoms with van der Waals surface area (Å²) in [6.07, 6.45) is 0.718. The van der Waals surface area contributed by atoms with Crippen LogP contribution in [0.25, 0.3) is 5.57 Å². The summed E-state index contributed by atoms with van der Waals surface area (Å²) in [5.74, 6) is -0.402. The molecule has 34 heavy (non-hydrogen) atoms. The molecule has 2 amide bonds. The zero-order valence-corrected chi connectivity index (χ0v) is 20.7. The third-order valence-electron chi connectivity index (χ3n) is 6.35. The number of hydrogen-bond acceptors (Lipinski definition) is 7. The Morgan fingerprint density at radius 2 is 1.97 bits per heavy atom. The van der Waals surface area contributed by atoms with Crippen molar-refractivity contribution in [1.29, 1.82) is 0 Å². The van der Waals surface area contributed by atoms with Crippen LogP contribution in [-0.4, -0.2) is 34.8 Å². The lowest BCUT2D eigenvalue weighted by Gasteiger charge is -2.43. The van der Waals surface area contributed by atoms with E-state index in [0.29, 0.717) is 26.9 Å². The van der Waals surface area contributed by atoms with E-state index >= 15 is 0 Å². The number of thioether (sulfide) groups is 1. The molecule has 0 unspecified atom stereocenters. The average Bonchev–Trinajstić information content (AvgIpc) is 3.26. The van der Waals surface area contributed by atoms with Crippen LogP contribution in [0.2, 0.25) is 0 Å². The highest BCUT2D eigenvalue weighted by Crippen LogP contribution is 2.54. The maximum atomic E-state index is 13.7. The van der Waals surface area contributed by atoms with Crippen LogP contribution in [0.15, 0.2) is 41.3 Å².